The fourth-order valence-electron chi connectivity index (χ4n) is 1.80. The number of rotatable bonds is 2. The van der Waals surface area contributed by atoms with E-state index in [0.29, 0.717) is 0 Å². The SMILES string of the molecule is COC(=O)CC1CN(C(=O)OC(C)(C)C)CC1F. The Hall–Kier alpha value is -1.33. The second-order valence-electron chi connectivity index (χ2n) is 5.44. The smallest absolute Gasteiger partial charge is 0.410 e. The number of nitrogens with zero attached hydrogens (tertiary/aromatic N) is 1. The van der Waals surface area contributed by atoms with Crippen molar-refractivity contribution in [2.45, 2.75) is 39.0 Å². The van der Waals surface area contributed by atoms with Crippen LogP contribution >= 0.6 is 0 Å². The first kappa shape index (κ1) is 14.7. The van der Waals surface area contributed by atoms with Crippen molar-refractivity contribution in [2.24, 2.45) is 5.92 Å². The van der Waals surface area contributed by atoms with Crippen LogP contribution in [-0.2, 0) is 14.3 Å². The molecule has 1 rings (SSSR count). The molecule has 5 nitrogen and oxygen atoms in total. The Labute approximate surface area is 106 Å². The molecule has 18 heavy (non-hydrogen) atoms. The minimum Gasteiger partial charge on any atom is -0.469 e. The van der Waals surface area contributed by atoms with Crippen molar-refractivity contribution >= 4 is 12.1 Å². The zero-order chi connectivity index (χ0) is 13.9. The van der Waals surface area contributed by atoms with Gasteiger partial charge in [0.25, 0.3) is 0 Å². The number of esters is 1. The lowest BCUT2D eigenvalue weighted by atomic mass is 10.0. The molecule has 1 amide bonds. The number of halogens is 1. The molecule has 0 aromatic carbocycles. The lowest BCUT2D eigenvalue weighted by Crippen LogP contribution is -2.35. The van der Waals surface area contributed by atoms with Gasteiger partial charge < -0.3 is 14.4 Å². The van der Waals surface area contributed by atoms with Gasteiger partial charge in [0.05, 0.1) is 20.1 Å². The van der Waals surface area contributed by atoms with E-state index in [2.05, 4.69) is 4.74 Å². The number of carbonyl (C=O) groups is 2. The van der Waals surface area contributed by atoms with Crippen molar-refractivity contribution in [2.75, 3.05) is 20.2 Å². The summed E-state index contributed by atoms with van der Waals surface area (Å²) in [4.78, 5) is 24.1. The van der Waals surface area contributed by atoms with Crippen molar-refractivity contribution in [3.8, 4) is 0 Å². The fraction of sp³-hybridized carbons (Fsp3) is 0.833. The van der Waals surface area contributed by atoms with Gasteiger partial charge >= 0.3 is 12.1 Å². The van der Waals surface area contributed by atoms with Crippen molar-refractivity contribution in [3.05, 3.63) is 0 Å². The molecule has 1 fully saturated rings. The average molecular weight is 261 g/mol. The summed E-state index contributed by atoms with van der Waals surface area (Å²) >= 11 is 0. The van der Waals surface area contributed by atoms with Gasteiger partial charge in [-0.1, -0.05) is 0 Å². The van der Waals surface area contributed by atoms with Crippen molar-refractivity contribution in [3.63, 3.8) is 0 Å². The molecular formula is C12H20FNO4. The van der Waals surface area contributed by atoms with Gasteiger partial charge in [0.1, 0.15) is 11.8 Å². The molecule has 2 atom stereocenters. The minimum atomic E-state index is -1.21. The van der Waals surface area contributed by atoms with Crippen LogP contribution in [0.3, 0.4) is 0 Å². The van der Waals surface area contributed by atoms with E-state index in [9.17, 15) is 14.0 Å². The van der Waals surface area contributed by atoms with Crippen LogP contribution in [0.4, 0.5) is 9.18 Å². The predicted molar refractivity (Wildman–Crippen MR) is 62.8 cm³/mol. The molecule has 0 aromatic heterocycles. The molecule has 1 saturated heterocycles. The monoisotopic (exact) mass is 261 g/mol. The Morgan fingerprint density at radius 1 is 1.33 bits per heavy atom. The second kappa shape index (κ2) is 5.54. The van der Waals surface area contributed by atoms with E-state index in [4.69, 9.17) is 4.74 Å². The van der Waals surface area contributed by atoms with Crippen LogP contribution in [0.25, 0.3) is 0 Å². The Morgan fingerprint density at radius 2 is 1.94 bits per heavy atom. The van der Waals surface area contributed by atoms with Gasteiger partial charge in [-0.15, -0.1) is 0 Å². The first-order chi connectivity index (χ1) is 8.23. The number of likely N-dealkylation sites (tertiary alicyclic amines) is 1. The second-order valence-corrected chi connectivity index (χ2v) is 5.44. The van der Waals surface area contributed by atoms with E-state index in [1.54, 1.807) is 20.8 Å². The highest BCUT2D eigenvalue weighted by Crippen LogP contribution is 2.25. The van der Waals surface area contributed by atoms with E-state index in [-0.39, 0.29) is 19.5 Å². The summed E-state index contributed by atoms with van der Waals surface area (Å²) in [6.45, 7) is 5.40. The zero-order valence-corrected chi connectivity index (χ0v) is 11.2. The number of methoxy groups -OCH3 is 1. The summed E-state index contributed by atoms with van der Waals surface area (Å²) in [5.74, 6) is -0.973. The van der Waals surface area contributed by atoms with E-state index < -0.39 is 29.8 Å². The van der Waals surface area contributed by atoms with Gasteiger partial charge in [0.2, 0.25) is 0 Å². The van der Waals surface area contributed by atoms with Gasteiger partial charge in [0.15, 0.2) is 0 Å². The normalized spacial score (nSPS) is 23.9. The Balaban J connectivity index is 2.53. The summed E-state index contributed by atoms with van der Waals surface area (Å²) in [5.41, 5.74) is -0.608. The van der Waals surface area contributed by atoms with Gasteiger partial charge in [-0.25, -0.2) is 9.18 Å². The van der Waals surface area contributed by atoms with Crippen molar-refractivity contribution in [1.82, 2.24) is 4.90 Å². The number of hydrogen-bond donors (Lipinski definition) is 0. The highest BCUT2D eigenvalue weighted by Gasteiger charge is 2.38. The fourth-order valence-corrected chi connectivity index (χ4v) is 1.80. The van der Waals surface area contributed by atoms with Crippen LogP contribution in [-0.4, -0.2) is 48.9 Å². The third-order valence-electron chi connectivity index (χ3n) is 2.67. The standard InChI is InChI=1S/C12H20FNO4/c1-12(2,3)18-11(16)14-6-8(9(13)7-14)5-10(15)17-4/h8-9H,5-7H2,1-4H3. The molecule has 1 heterocycles. The molecule has 0 bridgehead atoms. The van der Waals surface area contributed by atoms with E-state index >= 15 is 0 Å². The molecule has 1 aliphatic rings. The maximum Gasteiger partial charge on any atom is 0.410 e. The molecule has 0 radical (unpaired) electrons. The maximum atomic E-state index is 13.7. The van der Waals surface area contributed by atoms with Crippen LogP contribution in [0.5, 0.6) is 0 Å². The third-order valence-corrected chi connectivity index (χ3v) is 2.67. The molecule has 104 valence electrons. The van der Waals surface area contributed by atoms with Crippen LogP contribution in [0, 0.1) is 5.92 Å². The highest BCUT2D eigenvalue weighted by atomic mass is 19.1. The quantitative estimate of drug-likeness (QED) is 0.711. The van der Waals surface area contributed by atoms with Crippen molar-refractivity contribution < 1.29 is 23.5 Å². The van der Waals surface area contributed by atoms with Crippen LogP contribution < -0.4 is 0 Å². The number of hydrogen-bond acceptors (Lipinski definition) is 4. The van der Waals surface area contributed by atoms with Crippen LogP contribution in [0.15, 0.2) is 0 Å². The predicted octanol–water partition coefficient (Wildman–Crippen LogP) is 1.75. The minimum absolute atomic E-state index is 0.0169. The zero-order valence-electron chi connectivity index (χ0n) is 11.2. The summed E-state index contributed by atoms with van der Waals surface area (Å²) in [6.07, 6.45) is -1.77. The molecule has 0 aromatic rings. The van der Waals surface area contributed by atoms with Crippen LogP contribution in [0.2, 0.25) is 0 Å². The molecular weight excluding hydrogens is 241 g/mol. The topological polar surface area (TPSA) is 55.8 Å². The molecule has 1 aliphatic heterocycles. The third kappa shape index (κ3) is 4.16. The number of alkyl halides is 1. The lowest BCUT2D eigenvalue weighted by molar-refractivity contribution is -0.142. The molecule has 2 unspecified atom stereocenters. The number of amides is 1. The van der Waals surface area contributed by atoms with Gasteiger partial charge in [-0.2, -0.15) is 0 Å². The average Bonchev–Trinajstić information content (AvgIpc) is 2.58. The molecule has 0 aliphatic carbocycles. The molecule has 0 spiro atoms. The largest absolute Gasteiger partial charge is 0.469 e. The first-order valence-electron chi connectivity index (χ1n) is 5.91. The lowest BCUT2D eigenvalue weighted by Gasteiger charge is -2.24. The Morgan fingerprint density at radius 3 is 2.44 bits per heavy atom. The molecule has 0 N–H and O–H groups in total. The number of ether oxygens (including phenoxy) is 2. The van der Waals surface area contributed by atoms with Crippen LogP contribution in [0.1, 0.15) is 27.2 Å². The summed E-state index contributed by atoms with van der Waals surface area (Å²) in [6, 6.07) is 0. The van der Waals surface area contributed by atoms with E-state index in [1.807, 2.05) is 0 Å². The first-order valence-corrected chi connectivity index (χ1v) is 5.91. The molecule has 0 saturated carbocycles. The van der Waals surface area contributed by atoms with E-state index in [1.165, 1.54) is 12.0 Å². The highest BCUT2D eigenvalue weighted by molar-refractivity contribution is 5.71. The summed E-state index contributed by atoms with van der Waals surface area (Å²) in [7, 11) is 1.26. The van der Waals surface area contributed by atoms with Gasteiger partial charge in [0, 0.05) is 12.5 Å². The van der Waals surface area contributed by atoms with Gasteiger partial charge in [-0.3, -0.25) is 4.79 Å². The van der Waals surface area contributed by atoms with Gasteiger partial charge in [-0.05, 0) is 20.8 Å². The Bertz CT molecular complexity index is 327. The maximum absolute atomic E-state index is 13.7. The summed E-state index contributed by atoms with van der Waals surface area (Å²) < 4.78 is 23.3. The van der Waals surface area contributed by atoms with E-state index in [0.717, 1.165) is 0 Å². The molecule has 6 heteroatoms. The Kier molecular flexibility index (Phi) is 4.53. The van der Waals surface area contributed by atoms with Crippen molar-refractivity contribution in [1.29, 1.82) is 0 Å². The number of carbonyl (C=O) groups excluding carboxylic acids is 2. The summed E-state index contributed by atoms with van der Waals surface area (Å²) in [5, 5.41) is 0.